The molecule has 1 unspecified atom stereocenters. The summed E-state index contributed by atoms with van der Waals surface area (Å²) in [7, 11) is 0. The second-order valence-electron chi connectivity index (χ2n) is 3.28. The number of rotatable bonds is 4. The molecular weight excluding hydrogens is 232 g/mol. The summed E-state index contributed by atoms with van der Waals surface area (Å²) < 4.78 is 0. The molecule has 0 saturated heterocycles. The SMILES string of the molecule is CC(C(=O)O)c1c([N+](=O)[O-])cccc1[N+](=O)[O-]. The maximum absolute atomic E-state index is 10.8. The Morgan fingerprint density at radius 1 is 1.24 bits per heavy atom. The van der Waals surface area contributed by atoms with Crippen molar-refractivity contribution in [3.63, 3.8) is 0 Å². The first-order chi connectivity index (χ1) is 7.86. The molecule has 0 saturated carbocycles. The molecule has 8 heteroatoms. The Hall–Kier alpha value is -2.51. The van der Waals surface area contributed by atoms with E-state index < -0.39 is 38.7 Å². The van der Waals surface area contributed by atoms with Crippen molar-refractivity contribution in [1.29, 1.82) is 0 Å². The van der Waals surface area contributed by atoms with Gasteiger partial charge in [0.15, 0.2) is 0 Å². The molecule has 0 aliphatic carbocycles. The fourth-order valence-electron chi connectivity index (χ4n) is 1.43. The van der Waals surface area contributed by atoms with Crippen LogP contribution in [0.5, 0.6) is 0 Å². The molecule has 0 heterocycles. The quantitative estimate of drug-likeness (QED) is 0.630. The minimum absolute atomic E-state index is 0.394. The summed E-state index contributed by atoms with van der Waals surface area (Å²) in [6, 6.07) is 3.23. The molecule has 8 nitrogen and oxygen atoms in total. The molecule has 0 fully saturated rings. The first-order valence-corrected chi connectivity index (χ1v) is 4.50. The lowest BCUT2D eigenvalue weighted by Crippen LogP contribution is -2.12. The fourth-order valence-corrected chi connectivity index (χ4v) is 1.43. The molecule has 1 aromatic carbocycles. The minimum Gasteiger partial charge on any atom is -0.481 e. The number of carboxylic acids is 1. The van der Waals surface area contributed by atoms with E-state index in [1.165, 1.54) is 0 Å². The molecule has 0 spiro atoms. The normalized spacial score (nSPS) is 11.8. The van der Waals surface area contributed by atoms with Crippen molar-refractivity contribution in [1.82, 2.24) is 0 Å². The van der Waals surface area contributed by atoms with Crippen molar-refractivity contribution in [3.05, 3.63) is 44.0 Å². The lowest BCUT2D eigenvalue weighted by atomic mass is 9.97. The van der Waals surface area contributed by atoms with Gasteiger partial charge in [0, 0.05) is 12.1 Å². The molecule has 0 aliphatic rings. The van der Waals surface area contributed by atoms with E-state index in [4.69, 9.17) is 5.11 Å². The predicted molar refractivity (Wildman–Crippen MR) is 55.8 cm³/mol. The maximum Gasteiger partial charge on any atom is 0.311 e. The van der Waals surface area contributed by atoms with Crippen LogP contribution in [0, 0.1) is 20.2 Å². The lowest BCUT2D eigenvalue weighted by molar-refractivity contribution is -0.395. The van der Waals surface area contributed by atoms with E-state index in [1.54, 1.807) is 0 Å². The third kappa shape index (κ3) is 2.36. The zero-order valence-corrected chi connectivity index (χ0v) is 8.69. The van der Waals surface area contributed by atoms with Crippen LogP contribution in [0.15, 0.2) is 18.2 Å². The molecule has 0 amide bonds. The van der Waals surface area contributed by atoms with Gasteiger partial charge in [0.2, 0.25) is 0 Å². The van der Waals surface area contributed by atoms with E-state index in [0.717, 1.165) is 25.1 Å². The van der Waals surface area contributed by atoms with Crippen LogP contribution in [0.2, 0.25) is 0 Å². The van der Waals surface area contributed by atoms with Crippen LogP contribution in [0.25, 0.3) is 0 Å². The van der Waals surface area contributed by atoms with E-state index in [2.05, 4.69) is 0 Å². The predicted octanol–water partition coefficient (Wildman–Crippen LogP) is 1.69. The number of carbonyl (C=O) groups is 1. The van der Waals surface area contributed by atoms with Gasteiger partial charge in [-0.25, -0.2) is 0 Å². The van der Waals surface area contributed by atoms with Crippen LogP contribution in [0.4, 0.5) is 11.4 Å². The Morgan fingerprint density at radius 3 is 1.94 bits per heavy atom. The first-order valence-electron chi connectivity index (χ1n) is 4.50. The van der Waals surface area contributed by atoms with Crippen LogP contribution in [0.3, 0.4) is 0 Å². The van der Waals surface area contributed by atoms with Gasteiger partial charge in [0.25, 0.3) is 11.4 Å². The zero-order chi connectivity index (χ0) is 13.2. The summed E-state index contributed by atoms with van der Waals surface area (Å²) in [4.78, 5) is 30.6. The molecule has 1 N–H and O–H groups in total. The number of hydrogen-bond acceptors (Lipinski definition) is 5. The number of carboxylic acid groups (broad SMARTS) is 1. The Balaban J connectivity index is 3.54. The van der Waals surface area contributed by atoms with Gasteiger partial charge >= 0.3 is 5.97 Å². The molecule has 90 valence electrons. The topological polar surface area (TPSA) is 124 Å². The number of benzene rings is 1. The van der Waals surface area contributed by atoms with Gasteiger partial charge in [-0.3, -0.25) is 25.0 Å². The molecular formula is C9H8N2O6. The minimum atomic E-state index is -1.36. The van der Waals surface area contributed by atoms with Crippen molar-refractivity contribution in [2.45, 2.75) is 12.8 Å². The summed E-state index contributed by atoms with van der Waals surface area (Å²) in [6.45, 7) is 1.16. The van der Waals surface area contributed by atoms with Gasteiger partial charge in [-0.05, 0) is 13.0 Å². The largest absolute Gasteiger partial charge is 0.481 e. The first kappa shape index (κ1) is 12.6. The van der Waals surface area contributed by atoms with Crippen molar-refractivity contribution >= 4 is 17.3 Å². The van der Waals surface area contributed by atoms with Crippen LogP contribution in [-0.4, -0.2) is 20.9 Å². The second kappa shape index (κ2) is 4.56. The van der Waals surface area contributed by atoms with E-state index in [1.807, 2.05) is 0 Å². The van der Waals surface area contributed by atoms with E-state index in [9.17, 15) is 25.0 Å². The summed E-state index contributed by atoms with van der Waals surface area (Å²) >= 11 is 0. The third-order valence-electron chi connectivity index (χ3n) is 2.26. The Morgan fingerprint density at radius 2 is 1.65 bits per heavy atom. The Kier molecular flexibility index (Phi) is 3.37. The zero-order valence-electron chi connectivity index (χ0n) is 8.69. The highest BCUT2D eigenvalue weighted by Gasteiger charge is 2.32. The molecule has 17 heavy (non-hydrogen) atoms. The van der Waals surface area contributed by atoms with Crippen LogP contribution in [-0.2, 0) is 4.79 Å². The summed E-state index contributed by atoms with van der Waals surface area (Å²) in [5, 5.41) is 30.2. The van der Waals surface area contributed by atoms with Crippen LogP contribution < -0.4 is 0 Å². The molecule has 1 atom stereocenters. The number of nitrogens with zero attached hydrogens (tertiary/aromatic N) is 2. The van der Waals surface area contributed by atoms with Gasteiger partial charge in [-0.15, -0.1) is 0 Å². The van der Waals surface area contributed by atoms with Gasteiger partial charge < -0.3 is 5.11 Å². The van der Waals surface area contributed by atoms with Crippen molar-refractivity contribution < 1.29 is 19.7 Å². The smallest absolute Gasteiger partial charge is 0.311 e. The fraction of sp³-hybridized carbons (Fsp3) is 0.222. The van der Waals surface area contributed by atoms with E-state index >= 15 is 0 Å². The third-order valence-corrected chi connectivity index (χ3v) is 2.26. The second-order valence-corrected chi connectivity index (χ2v) is 3.28. The number of nitro benzene ring substituents is 2. The highest BCUT2D eigenvalue weighted by atomic mass is 16.6. The molecule has 1 aromatic rings. The van der Waals surface area contributed by atoms with Crippen LogP contribution >= 0.6 is 0 Å². The average molecular weight is 240 g/mol. The van der Waals surface area contributed by atoms with Gasteiger partial charge in [-0.2, -0.15) is 0 Å². The molecule has 0 aromatic heterocycles. The van der Waals surface area contributed by atoms with E-state index in [-0.39, 0.29) is 0 Å². The number of aliphatic carboxylic acids is 1. The lowest BCUT2D eigenvalue weighted by Gasteiger charge is -2.07. The highest BCUT2D eigenvalue weighted by molar-refractivity contribution is 5.79. The summed E-state index contributed by atoms with van der Waals surface area (Å²) in [6.07, 6.45) is 0. The molecule has 0 radical (unpaired) electrons. The van der Waals surface area contributed by atoms with Gasteiger partial charge in [0.05, 0.1) is 15.8 Å². The molecule has 0 bridgehead atoms. The Bertz CT molecular complexity index is 466. The number of hydrogen-bond donors (Lipinski definition) is 1. The van der Waals surface area contributed by atoms with Gasteiger partial charge in [0.1, 0.15) is 5.56 Å². The van der Waals surface area contributed by atoms with Crippen molar-refractivity contribution in [2.24, 2.45) is 0 Å². The van der Waals surface area contributed by atoms with Gasteiger partial charge in [-0.1, -0.05) is 0 Å². The Labute approximate surface area is 94.8 Å². The standard InChI is InChI=1S/C9H8N2O6/c1-5(9(12)13)8-6(10(14)15)3-2-4-7(8)11(16)17/h2-5H,1H3,(H,12,13). The van der Waals surface area contributed by atoms with E-state index in [0.29, 0.717) is 0 Å². The average Bonchev–Trinajstić information content (AvgIpc) is 2.26. The van der Waals surface area contributed by atoms with Crippen molar-refractivity contribution in [3.8, 4) is 0 Å². The monoisotopic (exact) mass is 240 g/mol. The van der Waals surface area contributed by atoms with Crippen LogP contribution in [0.1, 0.15) is 18.4 Å². The highest BCUT2D eigenvalue weighted by Crippen LogP contribution is 2.34. The summed E-state index contributed by atoms with van der Waals surface area (Å²) in [5.74, 6) is -2.68. The summed E-state index contributed by atoms with van der Waals surface area (Å²) in [5.41, 5.74) is -1.52. The molecule has 1 rings (SSSR count). The molecule has 0 aliphatic heterocycles. The number of nitro groups is 2. The van der Waals surface area contributed by atoms with Crippen molar-refractivity contribution in [2.75, 3.05) is 0 Å². The maximum atomic E-state index is 10.8.